The van der Waals surface area contributed by atoms with Crippen molar-refractivity contribution in [3.8, 4) is 5.75 Å². The van der Waals surface area contributed by atoms with E-state index in [9.17, 15) is 9.90 Å². The second-order valence-electron chi connectivity index (χ2n) is 5.37. The molecule has 0 fully saturated rings. The molecule has 0 spiro atoms. The van der Waals surface area contributed by atoms with Crippen molar-refractivity contribution in [3.63, 3.8) is 0 Å². The van der Waals surface area contributed by atoms with Crippen LogP contribution in [0.3, 0.4) is 0 Å². The molecule has 0 aromatic heterocycles. The molecule has 1 aromatic carbocycles. The number of aryl methyl sites for hydroxylation is 1. The van der Waals surface area contributed by atoms with E-state index in [1.807, 2.05) is 26.0 Å². The van der Waals surface area contributed by atoms with Crippen LogP contribution in [0.25, 0.3) is 0 Å². The lowest BCUT2D eigenvalue weighted by Crippen LogP contribution is -2.35. The Labute approximate surface area is 101 Å². The summed E-state index contributed by atoms with van der Waals surface area (Å²) in [6.45, 7) is 4.05. The van der Waals surface area contributed by atoms with E-state index in [2.05, 4.69) is 0 Å². The van der Waals surface area contributed by atoms with Crippen molar-refractivity contribution in [2.45, 2.75) is 38.5 Å². The smallest absolute Gasteiger partial charge is 0.303 e. The van der Waals surface area contributed by atoms with Gasteiger partial charge in [0.05, 0.1) is 0 Å². The molecule has 3 heteroatoms. The summed E-state index contributed by atoms with van der Waals surface area (Å²) in [5.41, 5.74) is 1.80. The predicted octanol–water partition coefficient (Wildman–Crippen LogP) is 2.71. The second kappa shape index (κ2) is 4.06. The maximum Gasteiger partial charge on any atom is 0.303 e. The van der Waals surface area contributed by atoms with Gasteiger partial charge in [-0.3, -0.25) is 4.79 Å². The number of aliphatic carboxylic acids is 1. The van der Waals surface area contributed by atoms with Crippen LogP contribution >= 0.6 is 0 Å². The van der Waals surface area contributed by atoms with E-state index in [-0.39, 0.29) is 17.8 Å². The highest BCUT2D eigenvalue weighted by Gasteiger charge is 2.39. The first-order valence-corrected chi connectivity index (χ1v) is 5.96. The van der Waals surface area contributed by atoms with Gasteiger partial charge in [0.1, 0.15) is 5.75 Å². The zero-order chi connectivity index (χ0) is 12.6. The van der Waals surface area contributed by atoms with Gasteiger partial charge in [0.15, 0.2) is 0 Å². The van der Waals surface area contributed by atoms with Crippen molar-refractivity contribution in [3.05, 3.63) is 29.3 Å². The monoisotopic (exact) mass is 234 g/mol. The van der Waals surface area contributed by atoms with Gasteiger partial charge in [-0.25, -0.2) is 0 Å². The summed E-state index contributed by atoms with van der Waals surface area (Å²) >= 11 is 0. The van der Waals surface area contributed by atoms with Crippen LogP contribution in [0, 0.1) is 5.92 Å². The van der Waals surface area contributed by atoms with Gasteiger partial charge in [-0.1, -0.05) is 26.0 Å². The van der Waals surface area contributed by atoms with Gasteiger partial charge < -0.3 is 10.2 Å². The number of rotatable bonds is 2. The molecule has 0 radical (unpaired) electrons. The van der Waals surface area contributed by atoms with Crippen LogP contribution in [0.15, 0.2) is 18.2 Å². The van der Waals surface area contributed by atoms with Gasteiger partial charge in [-0.15, -0.1) is 0 Å². The summed E-state index contributed by atoms with van der Waals surface area (Å²) in [4.78, 5) is 10.9. The van der Waals surface area contributed by atoms with Crippen LogP contribution in [0.4, 0.5) is 0 Å². The molecule has 2 rings (SSSR count). The minimum absolute atomic E-state index is 0.0841. The number of benzene rings is 1. The molecule has 1 aromatic rings. The lowest BCUT2D eigenvalue weighted by Gasteiger charge is -2.40. The van der Waals surface area contributed by atoms with Gasteiger partial charge in [-0.2, -0.15) is 0 Å². The molecule has 3 nitrogen and oxygen atoms in total. The minimum Gasteiger partial charge on any atom is -0.508 e. The Morgan fingerprint density at radius 1 is 1.47 bits per heavy atom. The molecule has 92 valence electrons. The lowest BCUT2D eigenvalue weighted by atomic mass is 9.64. The zero-order valence-electron chi connectivity index (χ0n) is 10.2. The second-order valence-corrected chi connectivity index (χ2v) is 5.37. The van der Waals surface area contributed by atoms with E-state index in [4.69, 9.17) is 5.11 Å². The molecule has 0 bridgehead atoms. The fourth-order valence-corrected chi connectivity index (χ4v) is 3.00. The number of carbonyl (C=O) groups is 1. The first-order chi connectivity index (χ1) is 7.93. The van der Waals surface area contributed by atoms with Gasteiger partial charge >= 0.3 is 5.97 Å². The number of hydrogen-bond donors (Lipinski definition) is 2. The average molecular weight is 234 g/mol. The summed E-state index contributed by atoms with van der Waals surface area (Å²) in [5.74, 6) is -0.384. The molecule has 0 heterocycles. The van der Waals surface area contributed by atoms with E-state index >= 15 is 0 Å². The Bertz CT molecular complexity index is 449. The largest absolute Gasteiger partial charge is 0.508 e. The molecule has 1 aliphatic carbocycles. The van der Waals surface area contributed by atoms with Crippen molar-refractivity contribution in [1.29, 1.82) is 0 Å². The number of fused-ring (bicyclic) bond motifs is 1. The van der Waals surface area contributed by atoms with Crippen LogP contribution in [-0.2, 0) is 16.6 Å². The fourth-order valence-electron chi connectivity index (χ4n) is 3.00. The lowest BCUT2D eigenvalue weighted by molar-refractivity contribution is -0.138. The first-order valence-electron chi connectivity index (χ1n) is 5.96. The number of carboxylic acids is 1. The molecular formula is C14H18O3. The molecule has 0 saturated carbocycles. The van der Waals surface area contributed by atoms with E-state index in [1.165, 1.54) is 0 Å². The standard InChI is InChI=1S/C14H18O3/c1-14(2)10(8-12(16)17)7-6-9-4-3-5-11(15)13(9)14/h3-5,10,15H,6-8H2,1-2H3,(H,16,17). The van der Waals surface area contributed by atoms with Crippen molar-refractivity contribution in [2.75, 3.05) is 0 Å². The van der Waals surface area contributed by atoms with Crippen molar-refractivity contribution in [1.82, 2.24) is 0 Å². The number of phenols is 1. The summed E-state index contributed by atoms with van der Waals surface area (Å²) in [7, 11) is 0. The Kier molecular flexibility index (Phi) is 2.86. The summed E-state index contributed by atoms with van der Waals surface area (Å²) in [5, 5.41) is 18.9. The average Bonchev–Trinajstić information content (AvgIpc) is 2.21. The quantitative estimate of drug-likeness (QED) is 0.827. The predicted molar refractivity (Wildman–Crippen MR) is 65.2 cm³/mol. The van der Waals surface area contributed by atoms with Crippen molar-refractivity contribution >= 4 is 5.97 Å². The van der Waals surface area contributed by atoms with Crippen LogP contribution in [-0.4, -0.2) is 16.2 Å². The van der Waals surface area contributed by atoms with E-state index in [0.717, 1.165) is 24.0 Å². The van der Waals surface area contributed by atoms with Crippen molar-refractivity contribution in [2.24, 2.45) is 5.92 Å². The molecule has 2 N–H and O–H groups in total. The molecule has 0 amide bonds. The number of carboxylic acid groups (broad SMARTS) is 1. The Hall–Kier alpha value is -1.51. The van der Waals surface area contributed by atoms with Gasteiger partial charge in [0.25, 0.3) is 0 Å². The van der Waals surface area contributed by atoms with Gasteiger partial charge in [0.2, 0.25) is 0 Å². The summed E-state index contributed by atoms with van der Waals surface area (Å²) in [6, 6.07) is 5.55. The molecule has 0 aliphatic heterocycles. The normalized spacial score (nSPS) is 21.9. The number of phenolic OH excluding ortho intramolecular Hbond substituents is 1. The third kappa shape index (κ3) is 2.02. The van der Waals surface area contributed by atoms with Crippen LogP contribution < -0.4 is 0 Å². The maximum atomic E-state index is 10.9. The third-order valence-electron chi connectivity index (χ3n) is 3.98. The zero-order valence-corrected chi connectivity index (χ0v) is 10.2. The molecule has 17 heavy (non-hydrogen) atoms. The molecule has 1 aliphatic rings. The Balaban J connectivity index is 2.43. The maximum absolute atomic E-state index is 10.9. The minimum atomic E-state index is -0.762. The Morgan fingerprint density at radius 2 is 2.18 bits per heavy atom. The number of hydrogen-bond acceptors (Lipinski definition) is 2. The van der Waals surface area contributed by atoms with Gasteiger partial charge in [-0.05, 0) is 35.8 Å². The fraction of sp³-hybridized carbons (Fsp3) is 0.500. The van der Waals surface area contributed by atoms with E-state index < -0.39 is 5.97 Å². The van der Waals surface area contributed by atoms with Crippen molar-refractivity contribution < 1.29 is 15.0 Å². The summed E-state index contributed by atoms with van der Waals surface area (Å²) in [6.07, 6.45) is 1.89. The molecular weight excluding hydrogens is 216 g/mol. The highest BCUT2D eigenvalue weighted by atomic mass is 16.4. The van der Waals surface area contributed by atoms with Crippen LogP contribution in [0.1, 0.15) is 37.8 Å². The topological polar surface area (TPSA) is 57.5 Å². The van der Waals surface area contributed by atoms with E-state index in [0.29, 0.717) is 5.75 Å². The SMILES string of the molecule is CC1(C)c2c(O)cccc2CCC1CC(=O)O. The highest BCUT2D eigenvalue weighted by molar-refractivity contribution is 5.67. The third-order valence-corrected chi connectivity index (χ3v) is 3.98. The highest BCUT2D eigenvalue weighted by Crippen LogP contribution is 2.46. The van der Waals surface area contributed by atoms with E-state index in [1.54, 1.807) is 6.07 Å². The Morgan fingerprint density at radius 3 is 2.82 bits per heavy atom. The van der Waals surface area contributed by atoms with Crippen LogP contribution in [0.5, 0.6) is 5.75 Å². The van der Waals surface area contributed by atoms with Crippen LogP contribution in [0.2, 0.25) is 0 Å². The molecule has 0 saturated heterocycles. The first kappa shape index (κ1) is 12.0. The molecule has 1 atom stereocenters. The number of aromatic hydroxyl groups is 1. The van der Waals surface area contributed by atoms with Gasteiger partial charge in [0, 0.05) is 12.0 Å². The molecule has 1 unspecified atom stereocenters. The summed E-state index contributed by atoms with van der Waals surface area (Å²) < 4.78 is 0.